The highest BCUT2D eigenvalue weighted by molar-refractivity contribution is 5.81. The molecule has 0 aliphatic carbocycles. The Bertz CT molecular complexity index is 261. The highest BCUT2D eigenvalue weighted by Gasteiger charge is 2.14. The van der Waals surface area contributed by atoms with Crippen molar-refractivity contribution in [3.63, 3.8) is 0 Å². The second-order valence-electron chi connectivity index (χ2n) is 4.65. The summed E-state index contributed by atoms with van der Waals surface area (Å²) in [6.07, 6.45) is 7.31. The van der Waals surface area contributed by atoms with Gasteiger partial charge >= 0.3 is 5.97 Å². The van der Waals surface area contributed by atoms with Gasteiger partial charge in [0.1, 0.15) is 0 Å². The van der Waals surface area contributed by atoms with Crippen molar-refractivity contribution < 1.29 is 9.53 Å². The molecule has 0 aromatic rings. The van der Waals surface area contributed by atoms with Gasteiger partial charge in [0.05, 0.1) is 6.61 Å². The minimum absolute atomic E-state index is 0.246. The molecule has 1 heterocycles. The molecule has 0 amide bonds. The molecule has 1 fully saturated rings. The lowest BCUT2D eigenvalue weighted by Crippen LogP contribution is -2.43. The van der Waals surface area contributed by atoms with Gasteiger partial charge in [-0.3, -0.25) is 4.90 Å². The summed E-state index contributed by atoms with van der Waals surface area (Å²) >= 11 is 0. The maximum absolute atomic E-state index is 11.2. The van der Waals surface area contributed by atoms with Crippen molar-refractivity contribution >= 4 is 5.97 Å². The maximum Gasteiger partial charge on any atom is 0.330 e. The lowest BCUT2D eigenvalue weighted by atomic mass is 10.0. The molecular weight excluding hydrogens is 228 g/mol. The van der Waals surface area contributed by atoms with Crippen molar-refractivity contribution in [1.29, 1.82) is 0 Å². The predicted molar refractivity (Wildman–Crippen MR) is 73.5 cm³/mol. The normalized spacial score (nSPS) is 20.5. The van der Waals surface area contributed by atoms with Gasteiger partial charge in [0, 0.05) is 25.2 Å². The molecular formula is C14H26N2O2. The predicted octanol–water partition coefficient (Wildman–Crippen LogP) is 1.57. The van der Waals surface area contributed by atoms with Crippen molar-refractivity contribution in [3.05, 3.63) is 12.2 Å². The number of likely N-dealkylation sites (N-methyl/N-ethyl adjacent to an activating group) is 1. The molecule has 4 nitrogen and oxygen atoms in total. The van der Waals surface area contributed by atoms with E-state index in [1.807, 2.05) is 13.0 Å². The summed E-state index contributed by atoms with van der Waals surface area (Å²) in [7, 11) is 0. The van der Waals surface area contributed by atoms with Gasteiger partial charge in [-0.05, 0) is 32.9 Å². The van der Waals surface area contributed by atoms with E-state index in [2.05, 4.69) is 17.1 Å². The number of rotatable bonds is 7. The Labute approximate surface area is 110 Å². The van der Waals surface area contributed by atoms with Crippen molar-refractivity contribution in [3.8, 4) is 0 Å². The molecule has 1 rings (SSSR count). The third-order valence-corrected chi connectivity index (χ3v) is 3.24. The molecule has 18 heavy (non-hydrogen) atoms. The van der Waals surface area contributed by atoms with E-state index in [4.69, 9.17) is 4.74 Å². The minimum Gasteiger partial charge on any atom is -0.463 e. The van der Waals surface area contributed by atoms with Gasteiger partial charge in [-0.1, -0.05) is 19.4 Å². The van der Waals surface area contributed by atoms with Crippen LogP contribution in [0.25, 0.3) is 0 Å². The Balaban J connectivity index is 2.25. The van der Waals surface area contributed by atoms with E-state index in [0.29, 0.717) is 12.6 Å². The van der Waals surface area contributed by atoms with Crippen molar-refractivity contribution in [2.24, 2.45) is 0 Å². The van der Waals surface area contributed by atoms with Gasteiger partial charge in [0.15, 0.2) is 0 Å². The molecule has 0 bridgehead atoms. The van der Waals surface area contributed by atoms with Gasteiger partial charge < -0.3 is 10.1 Å². The van der Waals surface area contributed by atoms with Gasteiger partial charge in [-0.15, -0.1) is 0 Å². The highest BCUT2D eigenvalue weighted by atomic mass is 16.5. The Morgan fingerprint density at radius 1 is 1.44 bits per heavy atom. The summed E-state index contributed by atoms with van der Waals surface area (Å²) in [5.41, 5.74) is 0. The van der Waals surface area contributed by atoms with E-state index >= 15 is 0 Å². The fraction of sp³-hybridized carbons (Fsp3) is 0.786. The lowest BCUT2D eigenvalue weighted by molar-refractivity contribution is -0.137. The average molecular weight is 254 g/mol. The number of esters is 1. The molecule has 0 radical (unpaired) electrons. The molecule has 0 aromatic heterocycles. The van der Waals surface area contributed by atoms with E-state index in [1.54, 1.807) is 0 Å². The van der Waals surface area contributed by atoms with Gasteiger partial charge in [0.25, 0.3) is 0 Å². The number of nitrogens with one attached hydrogen (secondary N) is 1. The maximum atomic E-state index is 11.2. The second kappa shape index (κ2) is 9.11. The summed E-state index contributed by atoms with van der Waals surface area (Å²) < 4.78 is 4.85. The number of carbonyl (C=O) groups excluding carboxylic acids is 1. The smallest absolute Gasteiger partial charge is 0.330 e. The molecule has 0 spiro atoms. The van der Waals surface area contributed by atoms with E-state index < -0.39 is 0 Å². The minimum atomic E-state index is -0.246. The molecule has 1 N–H and O–H groups in total. The molecule has 0 aromatic carbocycles. The van der Waals surface area contributed by atoms with Crippen LogP contribution in [0.4, 0.5) is 0 Å². The summed E-state index contributed by atoms with van der Waals surface area (Å²) in [4.78, 5) is 13.5. The summed E-state index contributed by atoms with van der Waals surface area (Å²) in [5, 5.41) is 3.55. The summed E-state index contributed by atoms with van der Waals surface area (Å²) in [6.45, 7) is 8.43. The van der Waals surface area contributed by atoms with Gasteiger partial charge in [-0.2, -0.15) is 0 Å². The van der Waals surface area contributed by atoms with E-state index in [0.717, 1.165) is 26.2 Å². The van der Waals surface area contributed by atoms with E-state index in [9.17, 15) is 4.79 Å². The number of hydrogen-bond acceptors (Lipinski definition) is 4. The first kappa shape index (κ1) is 15.2. The quantitative estimate of drug-likeness (QED) is 0.553. The number of carbonyl (C=O) groups is 1. The Morgan fingerprint density at radius 2 is 2.28 bits per heavy atom. The standard InChI is InChI=1S/C14H26N2O2/c1-3-16(11-7-9-14(17)18-4-2)12-13-8-5-6-10-15-13/h7,9,13,15H,3-6,8,10-12H2,1-2H3/b9-7+. The molecule has 104 valence electrons. The third-order valence-electron chi connectivity index (χ3n) is 3.24. The molecule has 1 unspecified atom stereocenters. The monoisotopic (exact) mass is 254 g/mol. The average Bonchev–Trinajstić information content (AvgIpc) is 2.39. The largest absolute Gasteiger partial charge is 0.463 e. The topological polar surface area (TPSA) is 41.6 Å². The molecule has 1 atom stereocenters. The van der Waals surface area contributed by atoms with Crippen LogP contribution in [0.5, 0.6) is 0 Å². The van der Waals surface area contributed by atoms with Crippen LogP contribution in [-0.4, -0.2) is 49.7 Å². The van der Waals surface area contributed by atoms with Crippen LogP contribution in [0.1, 0.15) is 33.1 Å². The van der Waals surface area contributed by atoms with Crippen LogP contribution in [0, 0.1) is 0 Å². The number of ether oxygens (including phenoxy) is 1. The van der Waals surface area contributed by atoms with Crippen LogP contribution >= 0.6 is 0 Å². The summed E-state index contributed by atoms with van der Waals surface area (Å²) in [5.74, 6) is -0.246. The fourth-order valence-electron chi connectivity index (χ4n) is 2.21. The second-order valence-corrected chi connectivity index (χ2v) is 4.65. The van der Waals surface area contributed by atoms with Crippen molar-refractivity contribution in [1.82, 2.24) is 10.2 Å². The highest BCUT2D eigenvalue weighted by Crippen LogP contribution is 2.08. The lowest BCUT2D eigenvalue weighted by Gasteiger charge is -2.29. The number of piperidine rings is 1. The Hall–Kier alpha value is -0.870. The van der Waals surface area contributed by atoms with Crippen LogP contribution in [0.3, 0.4) is 0 Å². The Morgan fingerprint density at radius 3 is 2.89 bits per heavy atom. The van der Waals surface area contributed by atoms with E-state index in [-0.39, 0.29) is 5.97 Å². The van der Waals surface area contributed by atoms with E-state index in [1.165, 1.54) is 25.3 Å². The molecule has 1 aliphatic rings. The van der Waals surface area contributed by atoms with Crippen molar-refractivity contribution in [2.45, 2.75) is 39.2 Å². The molecule has 4 heteroatoms. The van der Waals surface area contributed by atoms with Crippen LogP contribution in [0.2, 0.25) is 0 Å². The first-order valence-corrected chi connectivity index (χ1v) is 7.05. The zero-order valence-electron chi connectivity index (χ0n) is 11.7. The molecule has 1 saturated heterocycles. The zero-order chi connectivity index (χ0) is 13.2. The van der Waals surface area contributed by atoms with Gasteiger partial charge in [-0.25, -0.2) is 4.79 Å². The first-order valence-electron chi connectivity index (χ1n) is 7.05. The fourth-order valence-corrected chi connectivity index (χ4v) is 2.21. The molecule has 1 aliphatic heterocycles. The molecule has 0 saturated carbocycles. The van der Waals surface area contributed by atoms with Crippen LogP contribution in [0.15, 0.2) is 12.2 Å². The summed E-state index contributed by atoms with van der Waals surface area (Å²) in [6, 6.07) is 0.606. The first-order chi connectivity index (χ1) is 8.76. The third kappa shape index (κ3) is 6.17. The Kier molecular flexibility index (Phi) is 7.69. The van der Waals surface area contributed by atoms with Crippen LogP contribution in [-0.2, 0) is 9.53 Å². The van der Waals surface area contributed by atoms with Crippen LogP contribution < -0.4 is 5.32 Å². The number of nitrogens with zero attached hydrogens (tertiary/aromatic N) is 1. The number of hydrogen-bond donors (Lipinski definition) is 1. The zero-order valence-corrected chi connectivity index (χ0v) is 11.7. The van der Waals surface area contributed by atoms with Gasteiger partial charge in [0.2, 0.25) is 0 Å². The van der Waals surface area contributed by atoms with Crippen molar-refractivity contribution in [2.75, 3.05) is 32.8 Å². The SMILES string of the molecule is CCOC(=O)/C=C/CN(CC)CC1CCCCN1.